The molecule has 0 unspecified atom stereocenters. The van der Waals surface area contributed by atoms with Gasteiger partial charge in [0.15, 0.2) is 5.65 Å². The van der Waals surface area contributed by atoms with Crippen LogP contribution in [0.1, 0.15) is 19.4 Å². The molecule has 0 N–H and O–H groups in total. The summed E-state index contributed by atoms with van der Waals surface area (Å²) in [6, 6.07) is 13.3. The summed E-state index contributed by atoms with van der Waals surface area (Å²) in [5.41, 5.74) is 1.96. The van der Waals surface area contributed by atoms with Gasteiger partial charge in [-0.3, -0.25) is 18.6 Å². The van der Waals surface area contributed by atoms with E-state index >= 15 is 0 Å². The first-order valence-electron chi connectivity index (χ1n) is 11.4. The molecule has 3 heterocycles. The molecule has 0 fully saturated rings. The standard InChI is InChI=1S/C26H25Cl2N5O2/c1-15(2)12-32-24-21(25(34)31(4)26(32)35)23(22-20-8-6-5-7-17(20)14-30(22)3)33(29-24)13-16-9-18(27)11-19(28)10-16/h5-11,14-15H,12-13H2,1-4H3. The Morgan fingerprint density at radius 1 is 0.971 bits per heavy atom. The second kappa shape index (κ2) is 8.73. The van der Waals surface area contributed by atoms with Crippen molar-refractivity contribution in [2.75, 3.05) is 0 Å². The third-order valence-corrected chi connectivity index (χ3v) is 6.59. The molecule has 5 rings (SSSR count). The molecule has 0 bridgehead atoms. The molecule has 180 valence electrons. The van der Waals surface area contributed by atoms with E-state index in [4.69, 9.17) is 28.3 Å². The summed E-state index contributed by atoms with van der Waals surface area (Å²) in [5.74, 6) is 0.185. The SMILES string of the molecule is CC(C)Cn1c(=O)n(C)c(=O)c2c(-c3c4ccccc4cn3C)n(Cc3cc(Cl)cc(Cl)c3)nc21. The lowest BCUT2D eigenvalue weighted by atomic mass is 10.1. The minimum atomic E-state index is -0.380. The van der Waals surface area contributed by atoms with Crippen LogP contribution < -0.4 is 11.2 Å². The zero-order valence-electron chi connectivity index (χ0n) is 19.9. The van der Waals surface area contributed by atoms with Crippen molar-refractivity contribution in [2.45, 2.75) is 26.9 Å². The number of nitrogens with zero attached hydrogens (tertiary/aromatic N) is 5. The number of aryl methyl sites for hydroxylation is 1. The lowest BCUT2D eigenvalue weighted by molar-refractivity contribution is 0.498. The first kappa shape index (κ1) is 23.5. The molecular formula is C26H25Cl2N5O2. The van der Waals surface area contributed by atoms with E-state index < -0.39 is 0 Å². The van der Waals surface area contributed by atoms with Gasteiger partial charge in [-0.25, -0.2) is 4.79 Å². The summed E-state index contributed by atoms with van der Waals surface area (Å²) in [6.07, 6.45) is 2.03. The average molecular weight is 510 g/mol. The molecule has 2 aromatic carbocycles. The smallest absolute Gasteiger partial charge is 0.332 e. The van der Waals surface area contributed by atoms with Crippen LogP contribution in [-0.2, 0) is 27.2 Å². The van der Waals surface area contributed by atoms with E-state index in [0.29, 0.717) is 39.9 Å². The Kier molecular flexibility index (Phi) is 5.85. The van der Waals surface area contributed by atoms with E-state index in [0.717, 1.165) is 22.0 Å². The van der Waals surface area contributed by atoms with Gasteiger partial charge >= 0.3 is 5.69 Å². The van der Waals surface area contributed by atoms with Crippen molar-refractivity contribution in [3.05, 3.63) is 85.1 Å². The van der Waals surface area contributed by atoms with Crippen molar-refractivity contribution in [2.24, 2.45) is 20.0 Å². The highest BCUT2D eigenvalue weighted by atomic mass is 35.5. The minimum absolute atomic E-state index is 0.185. The monoisotopic (exact) mass is 509 g/mol. The molecule has 0 amide bonds. The van der Waals surface area contributed by atoms with Gasteiger partial charge in [0.25, 0.3) is 5.56 Å². The molecule has 0 saturated heterocycles. The van der Waals surface area contributed by atoms with E-state index in [2.05, 4.69) is 0 Å². The van der Waals surface area contributed by atoms with Gasteiger partial charge in [0, 0.05) is 47.7 Å². The van der Waals surface area contributed by atoms with Crippen molar-refractivity contribution in [3.8, 4) is 11.4 Å². The fraction of sp³-hybridized carbons (Fsp3) is 0.269. The Hall–Kier alpha value is -3.29. The molecule has 0 atom stereocenters. The highest BCUT2D eigenvalue weighted by Crippen LogP contribution is 2.34. The Morgan fingerprint density at radius 3 is 2.34 bits per heavy atom. The molecular weight excluding hydrogens is 485 g/mol. The molecule has 0 radical (unpaired) electrons. The second-order valence-electron chi connectivity index (χ2n) is 9.31. The predicted molar refractivity (Wildman–Crippen MR) is 142 cm³/mol. The van der Waals surface area contributed by atoms with E-state index in [1.165, 1.54) is 11.6 Å². The third kappa shape index (κ3) is 3.98. The van der Waals surface area contributed by atoms with Gasteiger partial charge in [-0.2, -0.15) is 5.10 Å². The Labute approximate surface area is 211 Å². The molecule has 35 heavy (non-hydrogen) atoms. The average Bonchev–Trinajstić information content (AvgIpc) is 3.30. The summed E-state index contributed by atoms with van der Waals surface area (Å²) in [5, 5.41) is 8.33. The Bertz CT molecular complexity index is 1700. The number of benzene rings is 2. The highest BCUT2D eigenvalue weighted by Gasteiger charge is 2.25. The molecule has 0 aliphatic heterocycles. The van der Waals surface area contributed by atoms with Crippen molar-refractivity contribution < 1.29 is 0 Å². The van der Waals surface area contributed by atoms with Crippen LogP contribution in [0.4, 0.5) is 0 Å². The van der Waals surface area contributed by atoms with Gasteiger partial charge in [-0.1, -0.05) is 61.3 Å². The van der Waals surface area contributed by atoms with E-state index in [-0.39, 0.29) is 17.2 Å². The maximum absolute atomic E-state index is 13.6. The van der Waals surface area contributed by atoms with Crippen LogP contribution >= 0.6 is 23.2 Å². The van der Waals surface area contributed by atoms with Gasteiger partial charge < -0.3 is 4.57 Å². The number of hydrogen-bond acceptors (Lipinski definition) is 3. The fourth-order valence-corrected chi connectivity index (χ4v) is 5.28. The maximum Gasteiger partial charge on any atom is 0.332 e. The molecule has 7 nitrogen and oxygen atoms in total. The number of rotatable bonds is 5. The van der Waals surface area contributed by atoms with E-state index in [1.807, 2.05) is 68.1 Å². The van der Waals surface area contributed by atoms with Crippen LogP contribution in [0.5, 0.6) is 0 Å². The fourth-order valence-electron chi connectivity index (χ4n) is 4.70. The van der Waals surface area contributed by atoms with Crippen molar-refractivity contribution in [1.29, 1.82) is 0 Å². The topological polar surface area (TPSA) is 66.8 Å². The molecule has 3 aromatic heterocycles. The first-order valence-corrected chi connectivity index (χ1v) is 12.1. The predicted octanol–water partition coefficient (Wildman–Crippen LogP) is 5.07. The number of hydrogen-bond donors (Lipinski definition) is 0. The van der Waals surface area contributed by atoms with Crippen molar-refractivity contribution >= 4 is 45.0 Å². The normalized spacial score (nSPS) is 11.9. The zero-order valence-corrected chi connectivity index (χ0v) is 21.4. The quantitative estimate of drug-likeness (QED) is 0.332. The Balaban J connectivity index is 1.91. The summed E-state index contributed by atoms with van der Waals surface area (Å²) in [7, 11) is 3.46. The summed E-state index contributed by atoms with van der Waals surface area (Å²) >= 11 is 12.5. The van der Waals surface area contributed by atoms with Crippen LogP contribution in [0.3, 0.4) is 0 Å². The second-order valence-corrected chi connectivity index (χ2v) is 10.2. The molecule has 5 aromatic rings. The van der Waals surface area contributed by atoms with Crippen LogP contribution in [0.25, 0.3) is 33.2 Å². The van der Waals surface area contributed by atoms with Crippen molar-refractivity contribution in [3.63, 3.8) is 0 Å². The van der Waals surface area contributed by atoms with Crippen LogP contribution in [0, 0.1) is 5.92 Å². The van der Waals surface area contributed by atoms with Crippen molar-refractivity contribution in [1.82, 2.24) is 23.5 Å². The van der Waals surface area contributed by atoms with Crippen LogP contribution in [0.15, 0.2) is 58.3 Å². The summed E-state index contributed by atoms with van der Waals surface area (Å²) < 4.78 is 6.55. The summed E-state index contributed by atoms with van der Waals surface area (Å²) in [4.78, 5) is 26.7. The van der Waals surface area contributed by atoms with Crippen LogP contribution in [-0.4, -0.2) is 23.5 Å². The first-order chi connectivity index (χ1) is 16.7. The summed E-state index contributed by atoms with van der Waals surface area (Å²) in [6.45, 7) is 4.82. The lowest BCUT2D eigenvalue weighted by Gasteiger charge is -2.11. The largest absolute Gasteiger partial charge is 0.348 e. The number of fused-ring (bicyclic) bond motifs is 2. The molecule has 0 aliphatic rings. The minimum Gasteiger partial charge on any atom is -0.348 e. The number of aromatic nitrogens is 5. The number of halogens is 2. The lowest BCUT2D eigenvalue weighted by Crippen LogP contribution is -2.38. The third-order valence-electron chi connectivity index (χ3n) is 6.15. The maximum atomic E-state index is 13.6. The van der Waals surface area contributed by atoms with E-state index in [1.54, 1.807) is 15.3 Å². The highest BCUT2D eigenvalue weighted by molar-refractivity contribution is 6.34. The van der Waals surface area contributed by atoms with Gasteiger partial charge in [-0.05, 0) is 29.7 Å². The van der Waals surface area contributed by atoms with E-state index in [9.17, 15) is 9.59 Å². The van der Waals surface area contributed by atoms with Gasteiger partial charge in [0.05, 0.1) is 12.2 Å². The van der Waals surface area contributed by atoms with Gasteiger partial charge in [-0.15, -0.1) is 0 Å². The van der Waals surface area contributed by atoms with Crippen LogP contribution in [0.2, 0.25) is 10.0 Å². The van der Waals surface area contributed by atoms with Gasteiger partial charge in [0.1, 0.15) is 11.1 Å². The zero-order chi connectivity index (χ0) is 25.0. The molecule has 9 heteroatoms. The molecule has 0 aliphatic carbocycles. The molecule has 0 spiro atoms. The Morgan fingerprint density at radius 2 is 1.66 bits per heavy atom. The van der Waals surface area contributed by atoms with Gasteiger partial charge in [0.2, 0.25) is 0 Å². The molecule has 0 saturated carbocycles.